The SMILES string of the molecule is COCCN(C)CCOc1ncc2ccccc2n1.Cl. The van der Waals surface area contributed by atoms with Crippen LogP contribution < -0.4 is 4.74 Å². The maximum absolute atomic E-state index is 5.56. The van der Waals surface area contributed by atoms with Crippen molar-refractivity contribution >= 4 is 23.3 Å². The third-order valence-electron chi connectivity index (χ3n) is 2.85. The molecule has 0 amide bonds. The molecule has 2 aromatic rings. The van der Waals surface area contributed by atoms with Gasteiger partial charge in [0, 0.05) is 31.8 Å². The molecule has 20 heavy (non-hydrogen) atoms. The zero-order valence-electron chi connectivity index (χ0n) is 11.8. The van der Waals surface area contributed by atoms with Crippen LogP contribution in [0.2, 0.25) is 0 Å². The van der Waals surface area contributed by atoms with Crippen molar-refractivity contribution in [3.63, 3.8) is 0 Å². The molecule has 5 nitrogen and oxygen atoms in total. The molecular formula is C14H20ClN3O2. The number of hydrogen-bond donors (Lipinski definition) is 0. The van der Waals surface area contributed by atoms with E-state index in [1.54, 1.807) is 13.3 Å². The van der Waals surface area contributed by atoms with Crippen LogP contribution in [0.3, 0.4) is 0 Å². The molecule has 0 N–H and O–H groups in total. The van der Waals surface area contributed by atoms with Gasteiger partial charge in [-0.15, -0.1) is 12.4 Å². The van der Waals surface area contributed by atoms with Crippen LogP contribution in [0.15, 0.2) is 30.5 Å². The minimum absolute atomic E-state index is 0. The summed E-state index contributed by atoms with van der Waals surface area (Å²) in [7, 11) is 3.73. The second-order valence-corrected chi connectivity index (χ2v) is 4.36. The lowest BCUT2D eigenvalue weighted by Crippen LogP contribution is -2.27. The summed E-state index contributed by atoms with van der Waals surface area (Å²) < 4.78 is 10.6. The van der Waals surface area contributed by atoms with Crippen molar-refractivity contribution < 1.29 is 9.47 Å². The molecule has 0 unspecified atom stereocenters. The first-order valence-corrected chi connectivity index (χ1v) is 6.31. The monoisotopic (exact) mass is 297 g/mol. The Balaban J connectivity index is 0.00000200. The van der Waals surface area contributed by atoms with Crippen molar-refractivity contribution in [1.29, 1.82) is 0 Å². The predicted molar refractivity (Wildman–Crippen MR) is 81.7 cm³/mol. The molecule has 0 aliphatic heterocycles. The molecule has 1 heterocycles. The highest BCUT2D eigenvalue weighted by Gasteiger charge is 2.02. The minimum atomic E-state index is 0. The zero-order valence-corrected chi connectivity index (χ0v) is 12.6. The molecule has 0 aliphatic carbocycles. The fourth-order valence-corrected chi connectivity index (χ4v) is 1.68. The Morgan fingerprint density at radius 2 is 1.90 bits per heavy atom. The molecule has 0 bridgehead atoms. The van der Waals surface area contributed by atoms with Crippen molar-refractivity contribution in [2.24, 2.45) is 0 Å². The average molecular weight is 298 g/mol. The van der Waals surface area contributed by atoms with E-state index in [0.29, 0.717) is 12.6 Å². The van der Waals surface area contributed by atoms with Crippen LogP contribution in [0.1, 0.15) is 0 Å². The number of hydrogen-bond acceptors (Lipinski definition) is 5. The molecule has 0 aliphatic rings. The van der Waals surface area contributed by atoms with E-state index < -0.39 is 0 Å². The van der Waals surface area contributed by atoms with Crippen LogP contribution in [-0.4, -0.2) is 55.3 Å². The van der Waals surface area contributed by atoms with Crippen molar-refractivity contribution in [3.8, 4) is 6.01 Å². The minimum Gasteiger partial charge on any atom is -0.462 e. The van der Waals surface area contributed by atoms with Gasteiger partial charge in [-0.25, -0.2) is 4.98 Å². The largest absolute Gasteiger partial charge is 0.462 e. The van der Waals surface area contributed by atoms with E-state index in [4.69, 9.17) is 9.47 Å². The fraction of sp³-hybridized carbons (Fsp3) is 0.429. The number of halogens is 1. The Morgan fingerprint density at radius 1 is 1.15 bits per heavy atom. The number of nitrogens with zero attached hydrogens (tertiary/aromatic N) is 3. The summed E-state index contributed by atoms with van der Waals surface area (Å²) in [5.41, 5.74) is 0.903. The molecule has 0 fully saturated rings. The summed E-state index contributed by atoms with van der Waals surface area (Å²) >= 11 is 0. The number of aromatic nitrogens is 2. The molecule has 1 aromatic heterocycles. The van der Waals surface area contributed by atoms with Crippen molar-refractivity contribution in [2.45, 2.75) is 0 Å². The van der Waals surface area contributed by atoms with E-state index >= 15 is 0 Å². The smallest absolute Gasteiger partial charge is 0.316 e. The summed E-state index contributed by atoms with van der Waals surface area (Å²) in [5.74, 6) is 0. The van der Waals surface area contributed by atoms with Gasteiger partial charge < -0.3 is 14.4 Å². The molecule has 0 saturated heterocycles. The number of methoxy groups -OCH3 is 1. The third-order valence-corrected chi connectivity index (χ3v) is 2.85. The summed E-state index contributed by atoms with van der Waals surface area (Å²) in [6.45, 7) is 3.00. The summed E-state index contributed by atoms with van der Waals surface area (Å²) in [6, 6.07) is 8.29. The average Bonchev–Trinajstić information content (AvgIpc) is 2.45. The van der Waals surface area contributed by atoms with Crippen LogP contribution in [0, 0.1) is 0 Å². The molecule has 6 heteroatoms. The highest BCUT2D eigenvalue weighted by Crippen LogP contribution is 2.12. The first-order valence-electron chi connectivity index (χ1n) is 6.31. The standard InChI is InChI=1S/C14H19N3O2.ClH/c1-17(7-9-18-2)8-10-19-14-15-11-12-5-3-4-6-13(12)16-14;/h3-6,11H,7-10H2,1-2H3;1H. The third kappa shape index (κ3) is 4.92. The van der Waals surface area contributed by atoms with Crippen molar-refractivity contribution in [1.82, 2.24) is 14.9 Å². The summed E-state index contributed by atoms with van der Waals surface area (Å²) in [5, 5.41) is 1.02. The number of benzene rings is 1. The Hall–Kier alpha value is -1.43. The van der Waals surface area contributed by atoms with Gasteiger partial charge in [0.05, 0.1) is 12.1 Å². The van der Waals surface area contributed by atoms with Crippen molar-refractivity contribution in [2.75, 3.05) is 40.5 Å². The van der Waals surface area contributed by atoms with Crippen LogP contribution in [0.4, 0.5) is 0 Å². The van der Waals surface area contributed by atoms with Gasteiger partial charge >= 0.3 is 6.01 Å². The maximum atomic E-state index is 5.56. The second-order valence-electron chi connectivity index (χ2n) is 4.36. The fourth-order valence-electron chi connectivity index (χ4n) is 1.68. The number of fused-ring (bicyclic) bond motifs is 1. The van der Waals surface area contributed by atoms with E-state index in [2.05, 4.69) is 14.9 Å². The summed E-state index contributed by atoms with van der Waals surface area (Å²) in [4.78, 5) is 10.7. The molecule has 0 atom stereocenters. The van der Waals surface area contributed by atoms with E-state index in [1.807, 2.05) is 31.3 Å². The van der Waals surface area contributed by atoms with E-state index in [9.17, 15) is 0 Å². The number of para-hydroxylation sites is 1. The topological polar surface area (TPSA) is 47.5 Å². The Morgan fingerprint density at radius 3 is 2.70 bits per heavy atom. The highest BCUT2D eigenvalue weighted by molar-refractivity contribution is 5.85. The number of likely N-dealkylation sites (N-methyl/N-ethyl adjacent to an activating group) is 1. The number of ether oxygens (including phenoxy) is 2. The van der Waals surface area contributed by atoms with E-state index in [-0.39, 0.29) is 12.4 Å². The van der Waals surface area contributed by atoms with Crippen LogP contribution in [-0.2, 0) is 4.74 Å². The highest BCUT2D eigenvalue weighted by atomic mass is 35.5. The maximum Gasteiger partial charge on any atom is 0.316 e. The molecule has 110 valence electrons. The predicted octanol–water partition coefficient (Wildman–Crippen LogP) is 2.01. The first kappa shape index (κ1) is 16.6. The number of rotatable bonds is 7. The van der Waals surface area contributed by atoms with Gasteiger partial charge in [0.2, 0.25) is 0 Å². The van der Waals surface area contributed by atoms with E-state index in [1.165, 1.54) is 0 Å². The Bertz CT molecular complexity index is 525. The molecule has 0 spiro atoms. The molecule has 0 radical (unpaired) electrons. The van der Waals surface area contributed by atoms with E-state index in [0.717, 1.165) is 30.6 Å². The van der Waals surface area contributed by atoms with Gasteiger partial charge in [0.15, 0.2) is 0 Å². The molecule has 2 rings (SSSR count). The van der Waals surface area contributed by atoms with Gasteiger partial charge in [0.1, 0.15) is 6.61 Å². The van der Waals surface area contributed by atoms with Gasteiger partial charge in [-0.05, 0) is 13.1 Å². The zero-order chi connectivity index (χ0) is 13.5. The first-order chi connectivity index (χ1) is 9.29. The van der Waals surface area contributed by atoms with Gasteiger partial charge in [-0.3, -0.25) is 0 Å². The lowest BCUT2D eigenvalue weighted by Gasteiger charge is -2.15. The normalized spacial score (nSPS) is 10.6. The summed E-state index contributed by atoms with van der Waals surface area (Å²) in [6.07, 6.45) is 1.78. The molecule has 0 saturated carbocycles. The van der Waals surface area contributed by atoms with Crippen LogP contribution >= 0.6 is 12.4 Å². The van der Waals surface area contributed by atoms with Gasteiger partial charge in [-0.2, -0.15) is 4.98 Å². The quantitative estimate of drug-likeness (QED) is 0.782. The Labute approximate surface area is 125 Å². The van der Waals surface area contributed by atoms with Crippen LogP contribution in [0.5, 0.6) is 6.01 Å². The van der Waals surface area contributed by atoms with Crippen LogP contribution in [0.25, 0.3) is 10.9 Å². The van der Waals surface area contributed by atoms with Crippen molar-refractivity contribution in [3.05, 3.63) is 30.5 Å². The Kier molecular flexibility index (Phi) is 7.22. The lowest BCUT2D eigenvalue weighted by molar-refractivity contribution is 0.148. The lowest BCUT2D eigenvalue weighted by atomic mass is 10.2. The van der Waals surface area contributed by atoms with Gasteiger partial charge in [0.25, 0.3) is 0 Å². The van der Waals surface area contributed by atoms with Gasteiger partial charge in [-0.1, -0.05) is 18.2 Å². The second kappa shape index (κ2) is 8.68. The molecular weight excluding hydrogens is 278 g/mol. The molecule has 1 aromatic carbocycles.